The lowest BCUT2D eigenvalue weighted by atomic mass is 9.99. The van der Waals surface area contributed by atoms with Crippen molar-refractivity contribution >= 4 is 23.2 Å². The molecule has 1 unspecified atom stereocenters. The number of anilines is 2. The van der Waals surface area contributed by atoms with Gasteiger partial charge < -0.3 is 35.2 Å². The van der Waals surface area contributed by atoms with E-state index in [2.05, 4.69) is 5.32 Å². The zero-order valence-corrected chi connectivity index (χ0v) is 19.4. The van der Waals surface area contributed by atoms with Crippen molar-refractivity contribution < 1.29 is 29.6 Å². The lowest BCUT2D eigenvalue weighted by Gasteiger charge is -2.29. The second kappa shape index (κ2) is 11.1. The molecule has 1 aliphatic heterocycles. The molecule has 0 spiro atoms. The second-order valence-corrected chi connectivity index (χ2v) is 8.89. The molecule has 5 atom stereocenters. The number of allylic oxidation sites excluding steroid dienone is 1. The zero-order chi connectivity index (χ0) is 24.1. The van der Waals surface area contributed by atoms with Crippen LogP contribution in [0.3, 0.4) is 0 Å². The molecule has 2 amide bonds. The minimum atomic E-state index is -1.69. The zero-order valence-electron chi connectivity index (χ0n) is 19.4. The highest BCUT2D eigenvalue weighted by Crippen LogP contribution is 2.30. The molecule has 9 nitrogen and oxygen atoms in total. The molecule has 0 saturated heterocycles. The molecule has 1 aliphatic carbocycles. The van der Waals surface area contributed by atoms with E-state index in [0.29, 0.717) is 5.92 Å². The van der Waals surface area contributed by atoms with Crippen LogP contribution in [0.1, 0.15) is 25.7 Å². The Morgan fingerprint density at radius 1 is 1.12 bits per heavy atom. The van der Waals surface area contributed by atoms with E-state index in [0.717, 1.165) is 37.1 Å². The molecule has 1 heterocycles. The Morgan fingerprint density at radius 2 is 1.76 bits per heavy atom. The number of aliphatic hydroxyl groups excluding tert-OH is 3. The van der Waals surface area contributed by atoms with E-state index < -0.39 is 36.4 Å². The quantitative estimate of drug-likeness (QED) is 0.414. The second-order valence-electron chi connectivity index (χ2n) is 8.89. The molecule has 3 rings (SSSR count). The maximum Gasteiger partial charge on any atom is 0.252 e. The number of para-hydroxylation sites is 2. The Hall–Kier alpha value is -2.46. The van der Waals surface area contributed by atoms with Crippen LogP contribution in [0.4, 0.5) is 11.4 Å². The van der Waals surface area contributed by atoms with Crippen molar-refractivity contribution in [3.63, 3.8) is 0 Å². The van der Waals surface area contributed by atoms with E-state index in [1.54, 1.807) is 7.05 Å². The number of nitrogens with one attached hydrogen (secondary N) is 1. The van der Waals surface area contributed by atoms with Gasteiger partial charge in [-0.3, -0.25) is 9.59 Å². The normalized spacial score (nSPS) is 23.2. The number of hydrogen-bond donors (Lipinski definition) is 4. The number of benzene rings is 1. The van der Waals surface area contributed by atoms with Crippen LogP contribution in [-0.4, -0.2) is 85.3 Å². The molecule has 2 aliphatic rings. The van der Waals surface area contributed by atoms with Gasteiger partial charge in [0.2, 0.25) is 0 Å². The molecule has 1 fully saturated rings. The Morgan fingerprint density at radius 3 is 2.39 bits per heavy atom. The van der Waals surface area contributed by atoms with Crippen LogP contribution in [-0.2, 0) is 14.3 Å². The van der Waals surface area contributed by atoms with Crippen molar-refractivity contribution in [3.8, 4) is 0 Å². The Bertz CT molecular complexity index is 856. The van der Waals surface area contributed by atoms with Gasteiger partial charge in [0, 0.05) is 27.7 Å². The fourth-order valence-electron chi connectivity index (χ4n) is 4.55. The maximum atomic E-state index is 13.0. The van der Waals surface area contributed by atoms with Crippen molar-refractivity contribution in [2.24, 2.45) is 5.92 Å². The standard InChI is InChI=1S/C24H35N3O6/c1-26-14-16(24(32)27(2)18-11-7-6-10-17(18)26)25-23(31)22(33-3)21(30)20(29)19(28)13-12-15-8-4-5-9-15/h6-7,10-13,15-16,19-22,28-30H,4-5,8-9,14H2,1-3H3,(H,25,31)/t16?,19-,20+,21-,22-/m1/s1. The van der Waals surface area contributed by atoms with Crippen molar-refractivity contribution in [1.82, 2.24) is 5.32 Å². The first-order valence-electron chi connectivity index (χ1n) is 11.4. The number of carbonyl (C=O) groups is 2. The van der Waals surface area contributed by atoms with Crippen LogP contribution in [0.5, 0.6) is 0 Å². The topological polar surface area (TPSA) is 123 Å². The van der Waals surface area contributed by atoms with Crippen molar-refractivity contribution in [1.29, 1.82) is 0 Å². The summed E-state index contributed by atoms with van der Waals surface area (Å²) in [6.07, 6.45) is 1.52. The third-order valence-electron chi connectivity index (χ3n) is 6.56. The molecule has 182 valence electrons. The van der Waals surface area contributed by atoms with Crippen LogP contribution >= 0.6 is 0 Å². The summed E-state index contributed by atoms with van der Waals surface area (Å²) in [5.74, 6) is -0.712. The van der Waals surface area contributed by atoms with Gasteiger partial charge in [-0.1, -0.05) is 37.1 Å². The molecule has 1 aromatic carbocycles. The van der Waals surface area contributed by atoms with E-state index in [1.807, 2.05) is 42.3 Å². The van der Waals surface area contributed by atoms with Crippen LogP contribution in [0, 0.1) is 5.92 Å². The van der Waals surface area contributed by atoms with E-state index in [9.17, 15) is 24.9 Å². The van der Waals surface area contributed by atoms with Crippen LogP contribution in [0.25, 0.3) is 0 Å². The number of likely N-dealkylation sites (N-methyl/N-ethyl adjacent to an activating group) is 2. The highest BCUT2D eigenvalue weighted by molar-refractivity contribution is 6.03. The summed E-state index contributed by atoms with van der Waals surface area (Å²) in [5.41, 5.74) is 1.57. The van der Waals surface area contributed by atoms with Gasteiger partial charge >= 0.3 is 0 Å². The first kappa shape index (κ1) is 25.2. The maximum absolute atomic E-state index is 13.0. The number of fused-ring (bicyclic) bond motifs is 1. The largest absolute Gasteiger partial charge is 0.387 e. The third kappa shape index (κ3) is 5.73. The van der Waals surface area contributed by atoms with Crippen LogP contribution < -0.4 is 15.1 Å². The predicted octanol–water partition coefficient (Wildman–Crippen LogP) is 0.428. The number of ether oxygens (including phenoxy) is 1. The Balaban J connectivity index is 1.66. The van der Waals surface area contributed by atoms with Crippen molar-refractivity contribution in [2.75, 3.05) is 37.5 Å². The molecule has 1 saturated carbocycles. The van der Waals surface area contributed by atoms with Crippen molar-refractivity contribution in [2.45, 2.75) is 56.1 Å². The first-order chi connectivity index (χ1) is 15.7. The molecule has 0 radical (unpaired) electrons. The molecular formula is C24H35N3O6. The fourth-order valence-corrected chi connectivity index (χ4v) is 4.55. The van der Waals surface area contributed by atoms with E-state index >= 15 is 0 Å². The molecule has 4 N–H and O–H groups in total. The summed E-state index contributed by atoms with van der Waals surface area (Å²) < 4.78 is 5.15. The lowest BCUT2D eigenvalue weighted by Crippen LogP contribution is -2.57. The summed E-state index contributed by atoms with van der Waals surface area (Å²) in [7, 11) is 4.69. The number of hydrogen-bond acceptors (Lipinski definition) is 7. The highest BCUT2D eigenvalue weighted by atomic mass is 16.5. The van der Waals surface area contributed by atoms with E-state index in [4.69, 9.17) is 4.74 Å². The Kier molecular flexibility index (Phi) is 8.47. The summed E-state index contributed by atoms with van der Waals surface area (Å²) in [6.45, 7) is 0.216. The summed E-state index contributed by atoms with van der Waals surface area (Å²) in [6, 6.07) is 6.53. The molecule has 1 aromatic rings. The van der Waals surface area contributed by atoms with Gasteiger partial charge in [0.25, 0.3) is 11.8 Å². The monoisotopic (exact) mass is 461 g/mol. The molecule has 0 bridgehead atoms. The average molecular weight is 462 g/mol. The minimum absolute atomic E-state index is 0.216. The summed E-state index contributed by atoms with van der Waals surface area (Å²) >= 11 is 0. The van der Waals surface area contributed by atoms with Gasteiger partial charge in [-0.2, -0.15) is 0 Å². The SMILES string of the molecule is CO[C@@H](C(=O)NC1CN(C)c2ccccc2N(C)C1=O)[C@H](O)[C@@H](O)[C@H](O)C=CC1CCCC1. The molecule has 0 aromatic heterocycles. The number of methoxy groups -OCH3 is 1. The number of nitrogens with zero attached hydrogens (tertiary/aromatic N) is 2. The number of aliphatic hydroxyl groups is 3. The summed E-state index contributed by atoms with van der Waals surface area (Å²) in [4.78, 5) is 29.3. The average Bonchev–Trinajstić information content (AvgIpc) is 3.32. The first-order valence-corrected chi connectivity index (χ1v) is 11.4. The van der Waals surface area contributed by atoms with Crippen LogP contribution in [0.2, 0.25) is 0 Å². The Labute approximate surface area is 194 Å². The number of rotatable bonds is 8. The van der Waals surface area contributed by atoms with Gasteiger partial charge in [0.1, 0.15) is 24.4 Å². The lowest BCUT2D eigenvalue weighted by molar-refractivity contribution is -0.150. The number of carbonyl (C=O) groups excluding carboxylic acids is 2. The van der Waals surface area contributed by atoms with E-state index in [-0.39, 0.29) is 12.5 Å². The van der Waals surface area contributed by atoms with Gasteiger partial charge in [0.15, 0.2) is 6.10 Å². The van der Waals surface area contributed by atoms with Gasteiger partial charge in [-0.15, -0.1) is 0 Å². The number of amides is 2. The van der Waals surface area contributed by atoms with Crippen molar-refractivity contribution in [3.05, 3.63) is 36.4 Å². The smallest absolute Gasteiger partial charge is 0.252 e. The molecule has 9 heteroatoms. The van der Waals surface area contributed by atoms with Gasteiger partial charge in [0.05, 0.1) is 11.4 Å². The fraction of sp³-hybridized carbons (Fsp3) is 0.583. The minimum Gasteiger partial charge on any atom is -0.387 e. The predicted molar refractivity (Wildman–Crippen MR) is 125 cm³/mol. The van der Waals surface area contributed by atoms with Gasteiger partial charge in [-0.25, -0.2) is 0 Å². The molecule has 33 heavy (non-hydrogen) atoms. The van der Waals surface area contributed by atoms with Crippen LogP contribution in [0.15, 0.2) is 36.4 Å². The summed E-state index contributed by atoms with van der Waals surface area (Å²) in [5, 5.41) is 33.9. The molecular weight excluding hydrogens is 426 g/mol. The third-order valence-corrected chi connectivity index (χ3v) is 6.56. The van der Waals surface area contributed by atoms with E-state index in [1.165, 1.54) is 18.1 Å². The highest BCUT2D eigenvalue weighted by Gasteiger charge is 2.38. The van der Waals surface area contributed by atoms with Gasteiger partial charge in [-0.05, 0) is 30.9 Å².